The molecule has 0 radical (unpaired) electrons. The summed E-state index contributed by atoms with van der Waals surface area (Å²) in [6.07, 6.45) is 2.62. The van der Waals surface area contributed by atoms with Gasteiger partial charge in [-0.1, -0.05) is 37.3 Å². The van der Waals surface area contributed by atoms with Crippen molar-refractivity contribution in [2.24, 2.45) is 0 Å². The van der Waals surface area contributed by atoms with Gasteiger partial charge in [0.2, 0.25) is 10.0 Å². The molecule has 2 aromatic rings. The molecule has 0 unspecified atom stereocenters. The normalized spacial score (nSPS) is 17.3. The molecule has 1 fully saturated rings. The number of sulfonamides is 1. The highest BCUT2D eigenvalue weighted by molar-refractivity contribution is 7.92. The number of hydrogen-bond acceptors (Lipinski definition) is 5. The lowest BCUT2D eigenvalue weighted by atomic mass is 10.2. The van der Waals surface area contributed by atoms with Crippen LogP contribution in [0.15, 0.2) is 41.1 Å². The van der Waals surface area contributed by atoms with Gasteiger partial charge in [-0.3, -0.25) is 4.90 Å². The van der Waals surface area contributed by atoms with Crippen LogP contribution in [0.1, 0.15) is 23.2 Å². The number of nitrogens with zero attached hydrogens (tertiary/aromatic N) is 3. The van der Waals surface area contributed by atoms with Crippen molar-refractivity contribution < 1.29 is 8.42 Å². The summed E-state index contributed by atoms with van der Waals surface area (Å²) in [7, 11) is -3.37. The molecule has 0 N–H and O–H groups in total. The molecular weight excluding hydrogens is 354 g/mol. The lowest BCUT2D eigenvalue weighted by Gasteiger charge is -2.32. The molecule has 0 aliphatic carbocycles. The second-order valence-corrected chi connectivity index (χ2v) is 8.78. The van der Waals surface area contributed by atoms with Gasteiger partial charge in [0, 0.05) is 43.5 Å². The highest BCUT2D eigenvalue weighted by atomic mass is 32.2. The summed E-state index contributed by atoms with van der Waals surface area (Å²) >= 11 is 1.69. The van der Waals surface area contributed by atoms with Crippen LogP contribution in [-0.4, -0.2) is 48.8 Å². The molecule has 1 aromatic heterocycles. The molecule has 1 aliphatic heterocycles. The summed E-state index contributed by atoms with van der Waals surface area (Å²) in [6.45, 7) is 5.41. The summed E-state index contributed by atoms with van der Waals surface area (Å²) in [6, 6.07) is 9.49. The van der Waals surface area contributed by atoms with Crippen molar-refractivity contribution in [3.63, 3.8) is 0 Å². The molecule has 0 spiro atoms. The zero-order chi connectivity index (χ0) is 17.7. The van der Waals surface area contributed by atoms with E-state index in [1.807, 2.05) is 30.3 Å². The van der Waals surface area contributed by atoms with Crippen molar-refractivity contribution in [1.82, 2.24) is 14.2 Å². The van der Waals surface area contributed by atoms with Crippen molar-refractivity contribution >= 4 is 27.4 Å². The Kier molecular flexibility index (Phi) is 6.01. The molecule has 5 nitrogen and oxygen atoms in total. The summed E-state index contributed by atoms with van der Waals surface area (Å²) in [4.78, 5) is 6.85. The van der Waals surface area contributed by atoms with Crippen LogP contribution in [0.25, 0.3) is 6.08 Å². The van der Waals surface area contributed by atoms with Gasteiger partial charge in [-0.15, -0.1) is 11.3 Å². The Bertz CT molecular complexity index is 808. The minimum absolute atomic E-state index is 0.520. The van der Waals surface area contributed by atoms with Crippen LogP contribution < -0.4 is 0 Å². The molecule has 0 saturated carbocycles. The third-order valence-electron chi connectivity index (χ3n) is 4.21. The standard InChI is InChI=1S/C18H23N3O2S2/c1-2-18-19-17(15-24-18)14-20-9-11-21(12-10-20)25(22,23)13-8-16-6-4-3-5-7-16/h3-8,13,15H,2,9-12,14H2,1H3/b13-8+. The summed E-state index contributed by atoms with van der Waals surface area (Å²) in [5.74, 6) is 0. The van der Waals surface area contributed by atoms with E-state index in [1.54, 1.807) is 21.7 Å². The van der Waals surface area contributed by atoms with Crippen molar-refractivity contribution in [2.75, 3.05) is 26.2 Å². The molecule has 2 heterocycles. The molecule has 0 amide bonds. The van der Waals surface area contributed by atoms with E-state index in [2.05, 4.69) is 22.2 Å². The quantitative estimate of drug-likeness (QED) is 0.777. The number of piperazine rings is 1. The Balaban J connectivity index is 1.55. The lowest BCUT2D eigenvalue weighted by Crippen LogP contribution is -2.47. The molecule has 134 valence electrons. The van der Waals surface area contributed by atoms with Crippen LogP contribution in [0.5, 0.6) is 0 Å². The third-order valence-corrected chi connectivity index (χ3v) is 6.82. The van der Waals surface area contributed by atoms with E-state index in [-0.39, 0.29) is 0 Å². The number of hydrogen-bond donors (Lipinski definition) is 0. The Labute approximate surface area is 153 Å². The van der Waals surface area contributed by atoms with Gasteiger partial charge in [-0.05, 0) is 18.1 Å². The maximum atomic E-state index is 12.5. The minimum Gasteiger partial charge on any atom is -0.295 e. The Morgan fingerprint density at radius 2 is 1.88 bits per heavy atom. The average molecular weight is 378 g/mol. The van der Waals surface area contributed by atoms with E-state index in [0.29, 0.717) is 13.1 Å². The fraction of sp³-hybridized carbons (Fsp3) is 0.389. The second-order valence-electron chi connectivity index (χ2n) is 6.02. The van der Waals surface area contributed by atoms with E-state index >= 15 is 0 Å². The van der Waals surface area contributed by atoms with E-state index in [9.17, 15) is 8.42 Å². The molecule has 3 rings (SSSR count). The molecule has 1 saturated heterocycles. The fourth-order valence-corrected chi connectivity index (χ4v) is 4.68. The van der Waals surface area contributed by atoms with Crippen molar-refractivity contribution in [2.45, 2.75) is 19.9 Å². The van der Waals surface area contributed by atoms with Crippen LogP contribution in [0.3, 0.4) is 0 Å². The van der Waals surface area contributed by atoms with Gasteiger partial charge >= 0.3 is 0 Å². The zero-order valence-electron chi connectivity index (χ0n) is 14.3. The zero-order valence-corrected chi connectivity index (χ0v) is 16.0. The Morgan fingerprint density at radius 1 is 1.16 bits per heavy atom. The molecule has 1 aliphatic rings. The van der Waals surface area contributed by atoms with Gasteiger partial charge in [0.25, 0.3) is 0 Å². The molecule has 1 aromatic carbocycles. The summed E-state index contributed by atoms with van der Waals surface area (Å²) in [5, 5.41) is 4.57. The van der Waals surface area contributed by atoms with Gasteiger partial charge in [0.05, 0.1) is 10.7 Å². The van der Waals surface area contributed by atoms with E-state index < -0.39 is 10.0 Å². The predicted octanol–water partition coefficient (Wildman–Crippen LogP) is 2.82. The summed E-state index contributed by atoms with van der Waals surface area (Å²) in [5.41, 5.74) is 1.97. The first-order valence-corrected chi connectivity index (χ1v) is 10.8. The number of benzene rings is 1. The first kappa shape index (κ1) is 18.3. The number of rotatable bonds is 6. The largest absolute Gasteiger partial charge is 0.295 e. The Hall–Kier alpha value is -1.54. The molecule has 7 heteroatoms. The first-order chi connectivity index (χ1) is 12.1. The second kappa shape index (κ2) is 8.23. The van der Waals surface area contributed by atoms with Crippen molar-refractivity contribution in [3.8, 4) is 0 Å². The van der Waals surface area contributed by atoms with Gasteiger partial charge < -0.3 is 0 Å². The molecule has 0 atom stereocenters. The number of aromatic nitrogens is 1. The van der Waals surface area contributed by atoms with E-state index in [0.717, 1.165) is 42.3 Å². The predicted molar refractivity (Wildman–Crippen MR) is 103 cm³/mol. The van der Waals surface area contributed by atoms with Crippen LogP contribution in [0.4, 0.5) is 0 Å². The van der Waals surface area contributed by atoms with Gasteiger partial charge in [0.1, 0.15) is 0 Å². The molecule has 25 heavy (non-hydrogen) atoms. The molecule has 0 bridgehead atoms. The van der Waals surface area contributed by atoms with Gasteiger partial charge in [-0.2, -0.15) is 4.31 Å². The fourth-order valence-electron chi connectivity index (χ4n) is 2.77. The van der Waals surface area contributed by atoms with Crippen LogP contribution >= 0.6 is 11.3 Å². The third kappa shape index (κ3) is 4.98. The highest BCUT2D eigenvalue weighted by Gasteiger charge is 2.25. The monoisotopic (exact) mass is 377 g/mol. The average Bonchev–Trinajstić information content (AvgIpc) is 3.09. The Morgan fingerprint density at radius 3 is 2.52 bits per heavy atom. The topological polar surface area (TPSA) is 53.5 Å². The van der Waals surface area contributed by atoms with Crippen molar-refractivity contribution in [1.29, 1.82) is 0 Å². The lowest BCUT2D eigenvalue weighted by molar-refractivity contribution is 0.181. The first-order valence-electron chi connectivity index (χ1n) is 8.46. The van der Waals surface area contributed by atoms with E-state index in [4.69, 9.17) is 0 Å². The minimum atomic E-state index is -3.37. The van der Waals surface area contributed by atoms with Gasteiger partial charge in [-0.25, -0.2) is 13.4 Å². The smallest absolute Gasteiger partial charge is 0.236 e. The van der Waals surface area contributed by atoms with Crippen LogP contribution in [0, 0.1) is 0 Å². The SMILES string of the molecule is CCc1nc(CN2CCN(S(=O)(=O)/C=C/c3ccccc3)CC2)cs1. The van der Waals surface area contributed by atoms with Crippen LogP contribution in [-0.2, 0) is 23.0 Å². The molecular formula is C18H23N3O2S2. The highest BCUT2D eigenvalue weighted by Crippen LogP contribution is 2.15. The number of thiazole rings is 1. The summed E-state index contributed by atoms with van der Waals surface area (Å²) < 4.78 is 26.5. The van der Waals surface area contributed by atoms with Gasteiger partial charge in [0.15, 0.2) is 0 Å². The van der Waals surface area contributed by atoms with Crippen LogP contribution in [0.2, 0.25) is 0 Å². The maximum absolute atomic E-state index is 12.5. The maximum Gasteiger partial charge on any atom is 0.236 e. The number of aryl methyl sites for hydroxylation is 1. The van der Waals surface area contributed by atoms with Crippen molar-refractivity contribution in [3.05, 3.63) is 57.4 Å². The van der Waals surface area contributed by atoms with E-state index in [1.165, 1.54) is 5.41 Å².